The summed E-state index contributed by atoms with van der Waals surface area (Å²) in [6.45, 7) is 5.36. The molecule has 3 aromatic rings. The summed E-state index contributed by atoms with van der Waals surface area (Å²) in [6.07, 6.45) is 3.15. The van der Waals surface area contributed by atoms with Crippen LogP contribution >= 0.6 is 0 Å². The number of nitrogens with zero attached hydrogens (tertiary/aromatic N) is 2. The van der Waals surface area contributed by atoms with Crippen molar-refractivity contribution in [3.05, 3.63) is 84.5 Å². The van der Waals surface area contributed by atoms with E-state index >= 15 is 0 Å². The second kappa shape index (κ2) is 13.3. The van der Waals surface area contributed by atoms with Gasteiger partial charge in [0.05, 0.1) is 19.1 Å². The van der Waals surface area contributed by atoms with E-state index in [0.29, 0.717) is 11.3 Å². The minimum absolute atomic E-state index is 0.414. The number of aliphatic carboxylic acids is 1. The van der Waals surface area contributed by atoms with Crippen molar-refractivity contribution >= 4 is 23.9 Å². The molecular formula is C27H28F3N3O6. The number of nitrogens with one attached hydrogen (secondary N) is 1. The zero-order valence-electron chi connectivity index (χ0n) is 21.6. The average molecular weight is 548 g/mol. The molecule has 2 aromatic carbocycles. The Kier molecular flexibility index (Phi) is 10.4. The molecule has 0 aliphatic heterocycles. The van der Waals surface area contributed by atoms with Crippen LogP contribution in [0.15, 0.2) is 73.3 Å². The molecule has 0 bridgehead atoms. The lowest BCUT2D eigenvalue weighted by Crippen LogP contribution is -2.37. The highest BCUT2D eigenvalue weighted by Crippen LogP contribution is 2.25. The molecule has 3 rings (SSSR count). The van der Waals surface area contributed by atoms with Gasteiger partial charge in [-0.1, -0.05) is 36.4 Å². The van der Waals surface area contributed by atoms with Crippen molar-refractivity contribution in [3.8, 4) is 11.4 Å². The monoisotopic (exact) mass is 547 g/mol. The summed E-state index contributed by atoms with van der Waals surface area (Å²) in [4.78, 5) is 38.3. The van der Waals surface area contributed by atoms with Gasteiger partial charge in [-0.15, -0.1) is 0 Å². The molecule has 1 heterocycles. The Labute approximate surface area is 222 Å². The summed E-state index contributed by atoms with van der Waals surface area (Å²) in [6, 6.07) is 13.7. The maximum atomic E-state index is 12.7. The average Bonchev–Trinajstić information content (AvgIpc) is 3.40. The van der Waals surface area contributed by atoms with Crippen LogP contribution in [-0.4, -0.2) is 51.4 Å². The Hall–Kier alpha value is -4.61. The number of esters is 1. The van der Waals surface area contributed by atoms with Crippen LogP contribution in [0.5, 0.6) is 5.75 Å². The number of hydrogen-bond donors (Lipinski definition) is 2. The summed E-state index contributed by atoms with van der Waals surface area (Å²) in [5.41, 5.74) is 1.59. The smallest absolute Gasteiger partial charge is 0.490 e. The first-order valence-electron chi connectivity index (χ1n) is 11.4. The van der Waals surface area contributed by atoms with E-state index in [4.69, 9.17) is 19.4 Å². The Morgan fingerprint density at radius 3 is 2.23 bits per heavy atom. The number of aromatic nitrogens is 2. The number of alkyl halides is 3. The summed E-state index contributed by atoms with van der Waals surface area (Å²) < 4.78 is 44.5. The van der Waals surface area contributed by atoms with Crippen LogP contribution in [0.2, 0.25) is 0 Å². The number of carbonyl (C=O) groups excluding carboxylic acids is 2. The highest BCUT2D eigenvalue weighted by atomic mass is 19.4. The number of imidazole rings is 1. The predicted molar refractivity (Wildman–Crippen MR) is 136 cm³/mol. The maximum absolute atomic E-state index is 12.7. The Balaban J connectivity index is 0.000000673. The van der Waals surface area contributed by atoms with Gasteiger partial charge in [0.15, 0.2) is 6.04 Å². The molecule has 1 atom stereocenters. The first kappa shape index (κ1) is 30.6. The fourth-order valence-corrected chi connectivity index (χ4v) is 3.06. The number of benzene rings is 2. The van der Waals surface area contributed by atoms with Gasteiger partial charge in [0.2, 0.25) is 5.91 Å². The third-order valence-electron chi connectivity index (χ3n) is 4.72. The van der Waals surface area contributed by atoms with E-state index < -0.39 is 35.7 Å². The van der Waals surface area contributed by atoms with Gasteiger partial charge >= 0.3 is 18.1 Å². The van der Waals surface area contributed by atoms with Crippen LogP contribution in [0.4, 0.5) is 13.2 Å². The van der Waals surface area contributed by atoms with Crippen molar-refractivity contribution in [3.63, 3.8) is 0 Å². The molecule has 0 aliphatic rings. The van der Waals surface area contributed by atoms with E-state index in [1.54, 1.807) is 58.6 Å². The van der Waals surface area contributed by atoms with E-state index in [9.17, 15) is 22.8 Å². The number of rotatable bonds is 7. The number of ether oxygens (including phenoxy) is 2. The van der Waals surface area contributed by atoms with Crippen LogP contribution < -0.4 is 10.1 Å². The molecule has 208 valence electrons. The van der Waals surface area contributed by atoms with Gasteiger partial charge in [0, 0.05) is 18.5 Å². The van der Waals surface area contributed by atoms with Gasteiger partial charge in [0.25, 0.3) is 0 Å². The number of halogens is 3. The lowest BCUT2D eigenvalue weighted by atomic mass is 10.1. The molecule has 0 saturated heterocycles. The molecule has 0 fully saturated rings. The molecular weight excluding hydrogens is 519 g/mol. The predicted octanol–water partition coefficient (Wildman–Crippen LogP) is 4.73. The summed E-state index contributed by atoms with van der Waals surface area (Å²) in [5, 5.41) is 9.87. The van der Waals surface area contributed by atoms with Crippen molar-refractivity contribution in [2.75, 3.05) is 7.11 Å². The molecule has 1 aromatic heterocycles. The van der Waals surface area contributed by atoms with Gasteiger partial charge in [-0.3, -0.25) is 4.79 Å². The molecule has 39 heavy (non-hydrogen) atoms. The van der Waals surface area contributed by atoms with E-state index in [2.05, 4.69) is 10.3 Å². The summed E-state index contributed by atoms with van der Waals surface area (Å²) in [7, 11) is 1.58. The van der Waals surface area contributed by atoms with Gasteiger partial charge in [-0.25, -0.2) is 14.6 Å². The lowest BCUT2D eigenvalue weighted by Gasteiger charge is -2.24. The minimum atomic E-state index is -5.08. The molecule has 0 radical (unpaired) electrons. The van der Waals surface area contributed by atoms with Crippen molar-refractivity contribution in [2.45, 2.75) is 38.6 Å². The highest BCUT2D eigenvalue weighted by Gasteiger charge is 2.38. The van der Waals surface area contributed by atoms with Crippen LogP contribution in [0.3, 0.4) is 0 Å². The number of methoxy groups -OCH3 is 1. The van der Waals surface area contributed by atoms with E-state index in [1.165, 1.54) is 6.08 Å². The van der Waals surface area contributed by atoms with Gasteiger partial charge in [0.1, 0.15) is 11.4 Å². The second-order valence-corrected chi connectivity index (χ2v) is 8.92. The molecule has 1 amide bonds. The SMILES string of the molecule is COc1cc(/C=C/C(=O)N[C@H](C(=O)OC(C)(C)C)c2ccccc2)ccc1-n1ccnc1.O=C(O)C(F)(F)F. The normalized spacial score (nSPS) is 12.2. The number of carboxylic acid groups (broad SMARTS) is 1. The van der Waals surface area contributed by atoms with Crippen LogP contribution in [-0.2, 0) is 19.1 Å². The van der Waals surface area contributed by atoms with E-state index in [0.717, 1.165) is 11.3 Å². The minimum Gasteiger partial charge on any atom is -0.495 e. The Morgan fingerprint density at radius 1 is 1.08 bits per heavy atom. The fourth-order valence-electron chi connectivity index (χ4n) is 3.06. The molecule has 9 nitrogen and oxygen atoms in total. The highest BCUT2D eigenvalue weighted by molar-refractivity contribution is 5.95. The number of carbonyl (C=O) groups is 3. The van der Waals surface area contributed by atoms with Crippen LogP contribution in [0, 0.1) is 0 Å². The van der Waals surface area contributed by atoms with Crippen molar-refractivity contribution in [1.29, 1.82) is 0 Å². The maximum Gasteiger partial charge on any atom is 0.490 e. The molecule has 0 aliphatic carbocycles. The first-order chi connectivity index (χ1) is 18.2. The van der Waals surface area contributed by atoms with Crippen molar-refractivity contribution in [2.24, 2.45) is 0 Å². The molecule has 0 unspecified atom stereocenters. The third kappa shape index (κ3) is 9.99. The van der Waals surface area contributed by atoms with Gasteiger partial charge in [-0.05, 0) is 50.1 Å². The van der Waals surface area contributed by atoms with E-state index in [1.807, 2.05) is 47.2 Å². The molecule has 0 saturated carbocycles. The van der Waals surface area contributed by atoms with E-state index in [-0.39, 0.29) is 0 Å². The van der Waals surface area contributed by atoms with Crippen LogP contribution in [0.25, 0.3) is 11.8 Å². The number of hydrogen-bond acceptors (Lipinski definition) is 6. The lowest BCUT2D eigenvalue weighted by molar-refractivity contribution is -0.192. The molecule has 0 spiro atoms. The standard InChI is InChI=1S/C25H27N3O4.C2HF3O2/c1-25(2,3)32-24(30)23(19-8-6-5-7-9-19)27-22(29)13-11-18-10-12-20(21(16-18)31-4)28-15-14-26-17-28;3-2(4,5)1(6)7/h5-17,23H,1-4H3,(H,27,29);(H,6,7)/b13-11+;/t23-;/m0./s1. The van der Waals surface area contributed by atoms with Crippen molar-refractivity contribution in [1.82, 2.24) is 14.9 Å². The molecule has 2 N–H and O–H groups in total. The quantitative estimate of drug-likeness (QED) is 0.324. The van der Waals surface area contributed by atoms with Crippen molar-refractivity contribution < 1.29 is 42.1 Å². The second-order valence-electron chi connectivity index (χ2n) is 8.92. The topological polar surface area (TPSA) is 120 Å². The third-order valence-corrected chi connectivity index (χ3v) is 4.72. The van der Waals surface area contributed by atoms with Gasteiger partial charge < -0.3 is 24.5 Å². The zero-order chi connectivity index (χ0) is 29.2. The number of amides is 1. The first-order valence-corrected chi connectivity index (χ1v) is 11.4. The Bertz CT molecular complexity index is 1280. The summed E-state index contributed by atoms with van der Waals surface area (Å²) in [5.74, 6) is -3.05. The van der Waals surface area contributed by atoms with Gasteiger partial charge in [-0.2, -0.15) is 13.2 Å². The zero-order valence-corrected chi connectivity index (χ0v) is 21.6. The number of carboxylic acids is 1. The Morgan fingerprint density at radius 2 is 1.72 bits per heavy atom. The fraction of sp³-hybridized carbons (Fsp3) is 0.259. The molecule has 12 heteroatoms. The van der Waals surface area contributed by atoms with Crippen LogP contribution in [0.1, 0.15) is 37.9 Å². The largest absolute Gasteiger partial charge is 0.495 e. The summed E-state index contributed by atoms with van der Waals surface area (Å²) >= 11 is 0.